The minimum absolute atomic E-state index is 0.0676. The minimum atomic E-state index is -1.47. The first-order valence-electron chi connectivity index (χ1n) is 8.14. The molecule has 0 unspecified atom stereocenters. The summed E-state index contributed by atoms with van der Waals surface area (Å²) in [6, 6.07) is 2.14. The Bertz CT molecular complexity index is 871. The molecule has 3 rings (SSSR count). The van der Waals surface area contributed by atoms with Crippen molar-refractivity contribution >= 4 is 0 Å². The van der Waals surface area contributed by atoms with Gasteiger partial charge in [-0.1, -0.05) is 26.8 Å². The van der Waals surface area contributed by atoms with Crippen molar-refractivity contribution in [2.75, 3.05) is 6.54 Å². The Kier molecular flexibility index (Phi) is 4.45. The van der Waals surface area contributed by atoms with E-state index in [9.17, 15) is 18.0 Å². The summed E-state index contributed by atoms with van der Waals surface area (Å²) in [6.45, 7) is 6.87. The molecule has 0 atom stereocenters. The molecular formula is C18H20F3N3O. The Morgan fingerprint density at radius 3 is 2.60 bits per heavy atom. The average molecular weight is 351 g/mol. The first-order chi connectivity index (χ1) is 11.7. The first kappa shape index (κ1) is 17.7. The van der Waals surface area contributed by atoms with Crippen molar-refractivity contribution < 1.29 is 13.2 Å². The largest absolute Gasteiger partial charge is 0.310 e. The monoisotopic (exact) mass is 351 g/mol. The fourth-order valence-electron chi connectivity index (χ4n) is 2.90. The minimum Gasteiger partial charge on any atom is -0.310 e. The molecule has 0 aliphatic carbocycles. The van der Waals surface area contributed by atoms with Crippen LogP contribution in [-0.2, 0) is 24.9 Å². The van der Waals surface area contributed by atoms with Crippen molar-refractivity contribution in [3.05, 3.63) is 62.6 Å². The summed E-state index contributed by atoms with van der Waals surface area (Å²) >= 11 is 0. The number of rotatable bonds is 2. The Hall–Kier alpha value is -2.15. The van der Waals surface area contributed by atoms with Crippen LogP contribution in [0.5, 0.6) is 0 Å². The number of halogens is 3. The highest BCUT2D eigenvalue weighted by Gasteiger charge is 2.25. The molecule has 7 heteroatoms. The fourth-order valence-corrected chi connectivity index (χ4v) is 2.90. The molecule has 0 saturated heterocycles. The molecule has 1 aliphatic rings. The zero-order chi connectivity index (χ0) is 18.4. The molecular weight excluding hydrogens is 331 g/mol. The van der Waals surface area contributed by atoms with Crippen LogP contribution in [0.25, 0.3) is 0 Å². The molecule has 1 N–H and O–H groups in total. The van der Waals surface area contributed by atoms with Crippen LogP contribution in [0.3, 0.4) is 0 Å². The quantitative estimate of drug-likeness (QED) is 0.846. The average Bonchev–Trinajstić information content (AvgIpc) is 2.55. The molecule has 0 radical (unpaired) electrons. The van der Waals surface area contributed by atoms with E-state index in [4.69, 9.17) is 0 Å². The summed E-state index contributed by atoms with van der Waals surface area (Å²) in [7, 11) is 0. The van der Waals surface area contributed by atoms with Gasteiger partial charge in [-0.15, -0.1) is 0 Å². The molecule has 0 bridgehead atoms. The third-order valence-electron chi connectivity index (χ3n) is 4.37. The van der Waals surface area contributed by atoms with Crippen LogP contribution in [0.15, 0.2) is 16.9 Å². The van der Waals surface area contributed by atoms with Gasteiger partial charge in [-0.05, 0) is 6.07 Å². The molecule has 4 nitrogen and oxygen atoms in total. The van der Waals surface area contributed by atoms with Crippen molar-refractivity contribution in [3.8, 4) is 0 Å². The van der Waals surface area contributed by atoms with Crippen LogP contribution < -0.4 is 5.56 Å². The van der Waals surface area contributed by atoms with Gasteiger partial charge in [0.25, 0.3) is 5.56 Å². The molecule has 1 aromatic carbocycles. The van der Waals surface area contributed by atoms with E-state index in [1.165, 1.54) is 6.07 Å². The van der Waals surface area contributed by atoms with Gasteiger partial charge in [0.2, 0.25) is 0 Å². The number of hydrogen-bond acceptors (Lipinski definition) is 3. The van der Waals surface area contributed by atoms with Gasteiger partial charge in [-0.2, -0.15) is 0 Å². The number of hydrogen-bond donors (Lipinski definition) is 1. The Morgan fingerprint density at radius 2 is 1.92 bits per heavy atom. The van der Waals surface area contributed by atoms with Gasteiger partial charge in [-0.3, -0.25) is 9.69 Å². The smallest absolute Gasteiger partial charge is 0.255 e. The van der Waals surface area contributed by atoms with Crippen molar-refractivity contribution in [2.24, 2.45) is 0 Å². The Labute approximate surface area is 143 Å². The fraction of sp³-hybridized carbons (Fsp3) is 0.444. The number of benzene rings is 1. The van der Waals surface area contributed by atoms with Crippen LogP contribution in [-0.4, -0.2) is 21.4 Å². The molecule has 0 spiro atoms. The molecule has 134 valence electrons. The second-order valence-electron chi connectivity index (χ2n) is 7.38. The highest BCUT2D eigenvalue weighted by Crippen LogP contribution is 2.23. The van der Waals surface area contributed by atoms with Gasteiger partial charge < -0.3 is 4.98 Å². The molecule has 0 fully saturated rings. The van der Waals surface area contributed by atoms with Gasteiger partial charge >= 0.3 is 0 Å². The van der Waals surface area contributed by atoms with Crippen molar-refractivity contribution in [2.45, 2.75) is 45.7 Å². The maximum absolute atomic E-state index is 13.9. The highest BCUT2D eigenvalue weighted by atomic mass is 19.2. The lowest BCUT2D eigenvalue weighted by molar-refractivity contribution is 0.236. The van der Waals surface area contributed by atoms with E-state index in [0.717, 1.165) is 11.8 Å². The summed E-state index contributed by atoms with van der Waals surface area (Å²) in [4.78, 5) is 21.6. The van der Waals surface area contributed by atoms with E-state index in [0.29, 0.717) is 30.9 Å². The van der Waals surface area contributed by atoms with Crippen LogP contribution in [0.4, 0.5) is 13.2 Å². The summed E-state index contributed by atoms with van der Waals surface area (Å²) < 4.78 is 40.3. The first-order valence-corrected chi connectivity index (χ1v) is 8.14. The van der Waals surface area contributed by atoms with Crippen molar-refractivity contribution in [3.63, 3.8) is 0 Å². The lowest BCUT2D eigenvalue weighted by atomic mass is 9.95. The molecule has 1 aliphatic heterocycles. The van der Waals surface area contributed by atoms with E-state index >= 15 is 0 Å². The molecule has 2 heterocycles. The van der Waals surface area contributed by atoms with E-state index in [1.807, 2.05) is 25.7 Å². The lowest BCUT2D eigenvalue weighted by Crippen LogP contribution is -2.37. The van der Waals surface area contributed by atoms with Crippen LogP contribution >= 0.6 is 0 Å². The lowest BCUT2D eigenvalue weighted by Gasteiger charge is -2.29. The summed E-state index contributed by atoms with van der Waals surface area (Å²) in [6.07, 6.45) is 0.549. The topological polar surface area (TPSA) is 49.0 Å². The predicted octanol–water partition coefficient (Wildman–Crippen LogP) is 3.04. The summed E-state index contributed by atoms with van der Waals surface area (Å²) in [5.74, 6) is -3.22. The van der Waals surface area contributed by atoms with Gasteiger partial charge in [0.05, 0.1) is 11.3 Å². The molecule has 2 aromatic rings. The third-order valence-corrected chi connectivity index (χ3v) is 4.37. The van der Waals surface area contributed by atoms with E-state index in [-0.39, 0.29) is 23.1 Å². The Balaban J connectivity index is 1.85. The number of nitrogens with one attached hydrogen (secondary N) is 1. The van der Waals surface area contributed by atoms with E-state index in [2.05, 4.69) is 9.97 Å². The normalized spacial score (nSPS) is 15.3. The van der Waals surface area contributed by atoms with Gasteiger partial charge in [0, 0.05) is 37.0 Å². The van der Waals surface area contributed by atoms with Crippen molar-refractivity contribution in [1.82, 2.24) is 14.9 Å². The number of aromatic amines is 1. The SMILES string of the molecule is CC(C)(C)c1nc2c(c(=O)[nH]1)CN(Cc1ccc(F)c(F)c1F)CC2. The second kappa shape index (κ2) is 6.29. The van der Waals surface area contributed by atoms with Crippen LogP contribution in [0, 0.1) is 17.5 Å². The summed E-state index contributed by atoms with van der Waals surface area (Å²) in [5.41, 5.74) is 0.890. The Morgan fingerprint density at radius 1 is 1.20 bits per heavy atom. The van der Waals surface area contributed by atoms with E-state index < -0.39 is 17.5 Å². The zero-order valence-electron chi connectivity index (χ0n) is 14.4. The molecule has 0 amide bonds. The second-order valence-corrected chi connectivity index (χ2v) is 7.38. The predicted molar refractivity (Wildman–Crippen MR) is 87.7 cm³/mol. The van der Waals surface area contributed by atoms with Crippen LogP contribution in [0.1, 0.15) is 43.4 Å². The van der Waals surface area contributed by atoms with Gasteiger partial charge in [0.1, 0.15) is 5.82 Å². The third kappa shape index (κ3) is 3.46. The summed E-state index contributed by atoms with van der Waals surface area (Å²) in [5, 5.41) is 0. The van der Waals surface area contributed by atoms with Crippen molar-refractivity contribution in [1.29, 1.82) is 0 Å². The number of nitrogens with zero attached hydrogens (tertiary/aromatic N) is 2. The highest BCUT2D eigenvalue weighted by molar-refractivity contribution is 5.24. The van der Waals surface area contributed by atoms with Gasteiger partial charge in [0.15, 0.2) is 17.5 Å². The van der Waals surface area contributed by atoms with Crippen LogP contribution in [0.2, 0.25) is 0 Å². The number of H-pyrrole nitrogens is 1. The van der Waals surface area contributed by atoms with E-state index in [1.54, 1.807) is 0 Å². The maximum atomic E-state index is 13.9. The maximum Gasteiger partial charge on any atom is 0.255 e. The standard InChI is InChI=1S/C18H20F3N3O/c1-18(2,3)17-22-13-6-7-24(9-11(13)16(25)23-17)8-10-4-5-12(19)15(21)14(10)20/h4-5H,6-9H2,1-3H3,(H,22,23,25). The number of aromatic nitrogens is 2. The number of fused-ring (bicyclic) bond motifs is 1. The van der Waals surface area contributed by atoms with Gasteiger partial charge in [-0.25, -0.2) is 18.2 Å². The zero-order valence-corrected chi connectivity index (χ0v) is 14.4. The molecule has 25 heavy (non-hydrogen) atoms. The molecule has 0 saturated carbocycles. The molecule has 1 aromatic heterocycles.